The highest BCUT2D eigenvalue weighted by Gasteiger charge is 2.10. The average Bonchev–Trinajstić information content (AvgIpc) is 2.64. The highest BCUT2D eigenvalue weighted by atomic mass is 16.5. The molecule has 0 aromatic heterocycles. The topological polar surface area (TPSA) is 30.5 Å². The molecule has 3 nitrogen and oxygen atoms in total. The number of rotatable bonds is 8. The second-order valence-corrected chi connectivity index (χ2v) is 7.34. The van der Waals surface area contributed by atoms with Crippen molar-refractivity contribution in [2.45, 2.75) is 53.0 Å². The summed E-state index contributed by atoms with van der Waals surface area (Å²) in [5.74, 6) is 1.87. The van der Waals surface area contributed by atoms with E-state index in [-0.39, 0.29) is 12.2 Å². The SMILES string of the molecule is CC(C)Oc1ccc(CNCc2c(OC(C)C)ccc3ccccc23)cc1. The van der Waals surface area contributed by atoms with E-state index >= 15 is 0 Å². The zero-order valence-corrected chi connectivity index (χ0v) is 16.7. The summed E-state index contributed by atoms with van der Waals surface area (Å²) in [6, 6.07) is 21.0. The van der Waals surface area contributed by atoms with Crippen LogP contribution >= 0.6 is 0 Å². The maximum Gasteiger partial charge on any atom is 0.124 e. The van der Waals surface area contributed by atoms with Crippen LogP contribution < -0.4 is 14.8 Å². The molecule has 3 aromatic rings. The molecule has 0 aliphatic carbocycles. The van der Waals surface area contributed by atoms with Gasteiger partial charge in [-0.2, -0.15) is 0 Å². The normalized spacial score (nSPS) is 11.3. The minimum atomic E-state index is 0.151. The van der Waals surface area contributed by atoms with Gasteiger partial charge in [0.1, 0.15) is 11.5 Å². The Hall–Kier alpha value is -2.52. The molecular formula is C24H29NO2. The summed E-state index contributed by atoms with van der Waals surface area (Å²) in [4.78, 5) is 0. The maximum atomic E-state index is 6.05. The van der Waals surface area contributed by atoms with E-state index < -0.39 is 0 Å². The van der Waals surface area contributed by atoms with Crippen LogP contribution in [-0.2, 0) is 13.1 Å². The predicted molar refractivity (Wildman–Crippen MR) is 112 cm³/mol. The first-order valence-corrected chi connectivity index (χ1v) is 9.66. The summed E-state index contributed by atoms with van der Waals surface area (Å²) in [5.41, 5.74) is 2.44. The summed E-state index contributed by atoms with van der Waals surface area (Å²) < 4.78 is 11.8. The molecule has 0 fully saturated rings. The van der Waals surface area contributed by atoms with Crippen molar-refractivity contribution in [2.24, 2.45) is 0 Å². The van der Waals surface area contributed by atoms with Crippen LogP contribution in [0.25, 0.3) is 10.8 Å². The van der Waals surface area contributed by atoms with Crippen molar-refractivity contribution >= 4 is 10.8 Å². The van der Waals surface area contributed by atoms with Crippen molar-refractivity contribution in [1.29, 1.82) is 0 Å². The fourth-order valence-corrected chi connectivity index (χ4v) is 3.15. The zero-order valence-electron chi connectivity index (χ0n) is 16.7. The fraction of sp³-hybridized carbons (Fsp3) is 0.333. The smallest absolute Gasteiger partial charge is 0.124 e. The molecule has 0 bridgehead atoms. The second kappa shape index (κ2) is 8.92. The van der Waals surface area contributed by atoms with E-state index in [4.69, 9.17) is 9.47 Å². The minimum absolute atomic E-state index is 0.151. The Kier molecular flexibility index (Phi) is 6.36. The van der Waals surface area contributed by atoms with Crippen LogP contribution in [0, 0.1) is 0 Å². The van der Waals surface area contributed by atoms with Crippen molar-refractivity contribution < 1.29 is 9.47 Å². The number of nitrogens with one attached hydrogen (secondary N) is 1. The van der Waals surface area contributed by atoms with Gasteiger partial charge in [0, 0.05) is 18.7 Å². The molecule has 1 N–H and O–H groups in total. The Morgan fingerprint density at radius 1 is 0.741 bits per heavy atom. The molecule has 0 aliphatic heterocycles. The third-order valence-electron chi connectivity index (χ3n) is 4.29. The summed E-state index contributed by atoms with van der Waals surface area (Å²) in [7, 11) is 0. The van der Waals surface area contributed by atoms with Gasteiger partial charge in [-0.1, -0.05) is 42.5 Å². The lowest BCUT2D eigenvalue weighted by atomic mass is 10.0. The minimum Gasteiger partial charge on any atom is -0.491 e. The standard InChI is InChI=1S/C24H29NO2/c1-17(2)26-21-12-9-19(10-13-21)15-25-16-23-22-8-6-5-7-20(22)11-14-24(23)27-18(3)4/h5-14,17-18,25H,15-16H2,1-4H3. The molecule has 0 spiro atoms. The van der Waals surface area contributed by atoms with Gasteiger partial charge in [-0.25, -0.2) is 0 Å². The molecule has 3 rings (SSSR count). The van der Waals surface area contributed by atoms with Crippen LogP contribution in [0.1, 0.15) is 38.8 Å². The molecule has 0 saturated carbocycles. The Bertz CT molecular complexity index is 869. The van der Waals surface area contributed by atoms with Crippen LogP contribution in [0.4, 0.5) is 0 Å². The van der Waals surface area contributed by atoms with Gasteiger partial charge in [0.25, 0.3) is 0 Å². The summed E-state index contributed by atoms with van der Waals surface area (Å²) in [6.07, 6.45) is 0.345. The largest absolute Gasteiger partial charge is 0.491 e. The Balaban J connectivity index is 1.72. The van der Waals surface area contributed by atoms with E-state index in [2.05, 4.69) is 67.7 Å². The third kappa shape index (κ3) is 5.24. The lowest BCUT2D eigenvalue weighted by molar-refractivity contribution is 0.240. The van der Waals surface area contributed by atoms with Crippen LogP contribution in [-0.4, -0.2) is 12.2 Å². The zero-order chi connectivity index (χ0) is 19.2. The van der Waals surface area contributed by atoms with E-state index in [1.54, 1.807) is 0 Å². The number of fused-ring (bicyclic) bond motifs is 1. The Morgan fingerprint density at radius 3 is 2.15 bits per heavy atom. The van der Waals surface area contributed by atoms with Gasteiger partial charge >= 0.3 is 0 Å². The number of hydrogen-bond donors (Lipinski definition) is 1. The molecule has 0 amide bonds. The summed E-state index contributed by atoms with van der Waals surface area (Å²) in [5, 5.41) is 6.04. The Morgan fingerprint density at radius 2 is 1.44 bits per heavy atom. The van der Waals surface area contributed by atoms with Crippen molar-refractivity contribution in [2.75, 3.05) is 0 Å². The first-order valence-electron chi connectivity index (χ1n) is 9.66. The molecular weight excluding hydrogens is 334 g/mol. The van der Waals surface area contributed by atoms with E-state index in [1.807, 2.05) is 26.0 Å². The Labute approximate surface area is 162 Å². The molecule has 0 aliphatic rings. The van der Waals surface area contributed by atoms with Crippen LogP contribution in [0.5, 0.6) is 11.5 Å². The molecule has 0 atom stereocenters. The highest BCUT2D eigenvalue weighted by Crippen LogP contribution is 2.29. The number of hydrogen-bond acceptors (Lipinski definition) is 3. The van der Waals surface area contributed by atoms with Gasteiger partial charge in [0.2, 0.25) is 0 Å². The highest BCUT2D eigenvalue weighted by molar-refractivity contribution is 5.87. The first kappa shape index (κ1) is 19.2. The fourth-order valence-electron chi connectivity index (χ4n) is 3.15. The van der Waals surface area contributed by atoms with Gasteiger partial charge in [-0.3, -0.25) is 0 Å². The molecule has 142 valence electrons. The van der Waals surface area contributed by atoms with E-state index in [1.165, 1.54) is 21.9 Å². The number of ether oxygens (including phenoxy) is 2. The lowest BCUT2D eigenvalue weighted by Crippen LogP contribution is -2.15. The summed E-state index contributed by atoms with van der Waals surface area (Å²) >= 11 is 0. The predicted octanol–water partition coefficient (Wildman–Crippen LogP) is 5.70. The van der Waals surface area contributed by atoms with Crippen molar-refractivity contribution in [3.05, 3.63) is 71.8 Å². The average molecular weight is 364 g/mol. The van der Waals surface area contributed by atoms with Crippen LogP contribution in [0.15, 0.2) is 60.7 Å². The second-order valence-electron chi connectivity index (χ2n) is 7.34. The molecule has 0 heterocycles. The summed E-state index contributed by atoms with van der Waals surface area (Å²) in [6.45, 7) is 9.76. The van der Waals surface area contributed by atoms with E-state index in [0.717, 1.165) is 24.6 Å². The number of benzene rings is 3. The van der Waals surface area contributed by atoms with Crippen molar-refractivity contribution in [3.63, 3.8) is 0 Å². The van der Waals surface area contributed by atoms with Gasteiger partial charge in [-0.15, -0.1) is 0 Å². The molecule has 3 heteroatoms. The van der Waals surface area contributed by atoms with Crippen LogP contribution in [0.2, 0.25) is 0 Å². The molecule has 27 heavy (non-hydrogen) atoms. The lowest BCUT2D eigenvalue weighted by Gasteiger charge is -2.17. The third-order valence-corrected chi connectivity index (χ3v) is 4.29. The monoisotopic (exact) mass is 363 g/mol. The van der Waals surface area contributed by atoms with Gasteiger partial charge < -0.3 is 14.8 Å². The van der Waals surface area contributed by atoms with Gasteiger partial charge in [0.15, 0.2) is 0 Å². The molecule has 0 saturated heterocycles. The van der Waals surface area contributed by atoms with E-state index in [0.29, 0.717) is 0 Å². The first-order chi connectivity index (χ1) is 13.0. The van der Waals surface area contributed by atoms with E-state index in [9.17, 15) is 0 Å². The molecule has 0 unspecified atom stereocenters. The van der Waals surface area contributed by atoms with Gasteiger partial charge in [0.05, 0.1) is 12.2 Å². The quantitative estimate of drug-likeness (QED) is 0.556. The maximum absolute atomic E-state index is 6.05. The van der Waals surface area contributed by atoms with Crippen molar-refractivity contribution in [1.82, 2.24) is 5.32 Å². The molecule has 3 aromatic carbocycles. The van der Waals surface area contributed by atoms with Crippen molar-refractivity contribution in [3.8, 4) is 11.5 Å². The van der Waals surface area contributed by atoms with Gasteiger partial charge in [-0.05, 0) is 62.2 Å². The molecule has 0 radical (unpaired) electrons. The van der Waals surface area contributed by atoms with Crippen LogP contribution in [0.3, 0.4) is 0 Å².